The lowest BCUT2D eigenvalue weighted by Crippen LogP contribution is -2.50. The second-order valence-electron chi connectivity index (χ2n) is 10.9. The Morgan fingerprint density at radius 1 is 1.25 bits per heavy atom. The molecule has 194 valence electrons. The summed E-state index contributed by atoms with van der Waals surface area (Å²) in [5, 5.41) is 5.96. The van der Waals surface area contributed by atoms with Gasteiger partial charge in [0.1, 0.15) is 11.2 Å². The van der Waals surface area contributed by atoms with Gasteiger partial charge in [-0.15, -0.1) is 0 Å². The van der Waals surface area contributed by atoms with Crippen molar-refractivity contribution in [3.05, 3.63) is 39.8 Å². The molecule has 0 spiro atoms. The van der Waals surface area contributed by atoms with Gasteiger partial charge in [-0.25, -0.2) is 9.78 Å². The number of nitrogens with zero attached hydrogens (tertiary/aromatic N) is 3. The van der Waals surface area contributed by atoms with Crippen LogP contribution in [0, 0.1) is 11.3 Å². The summed E-state index contributed by atoms with van der Waals surface area (Å²) in [5.41, 5.74) is 5.07. The van der Waals surface area contributed by atoms with E-state index in [1.54, 1.807) is 22.9 Å². The van der Waals surface area contributed by atoms with Crippen molar-refractivity contribution < 1.29 is 9.53 Å². The van der Waals surface area contributed by atoms with Gasteiger partial charge in [0.15, 0.2) is 0 Å². The fourth-order valence-electron chi connectivity index (χ4n) is 5.35. The van der Waals surface area contributed by atoms with E-state index >= 15 is 0 Å². The molecule has 1 amide bonds. The first-order valence-electron chi connectivity index (χ1n) is 12.8. The van der Waals surface area contributed by atoms with Crippen molar-refractivity contribution in [2.75, 3.05) is 11.9 Å². The number of amides is 1. The lowest BCUT2D eigenvalue weighted by atomic mass is 9.66. The van der Waals surface area contributed by atoms with Crippen LogP contribution >= 0.6 is 11.6 Å². The maximum atomic E-state index is 13.7. The molecule has 1 fully saturated rings. The number of nitrogens with two attached hydrogens (primary N) is 1. The van der Waals surface area contributed by atoms with Gasteiger partial charge in [0, 0.05) is 40.5 Å². The SMILES string of the molecule is CCCCNc1ncc2c3ccc(Cl)cc3c(=O)n(CC3CCC(OC(N)=O)(C(C)(C)C)CC3)c2n1. The Kier molecular flexibility index (Phi) is 7.46. The topological polar surface area (TPSA) is 112 Å². The van der Waals surface area contributed by atoms with Crippen molar-refractivity contribution in [1.29, 1.82) is 0 Å². The van der Waals surface area contributed by atoms with Crippen LogP contribution < -0.4 is 16.6 Å². The van der Waals surface area contributed by atoms with E-state index in [4.69, 9.17) is 27.1 Å². The van der Waals surface area contributed by atoms with Crippen molar-refractivity contribution in [2.24, 2.45) is 17.1 Å². The molecular formula is C27H36ClN5O3. The average Bonchev–Trinajstić information content (AvgIpc) is 2.82. The third kappa shape index (κ3) is 5.14. The molecule has 0 bridgehead atoms. The molecule has 0 saturated heterocycles. The second-order valence-corrected chi connectivity index (χ2v) is 11.4. The summed E-state index contributed by atoms with van der Waals surface area (Å²) in [5.74, 6) is 0.739. The number of pyridine rings is 1. The zero-order chi connectivity index (χ0) is 26.1. The third-order valence-corrected chi connectivity index (χ3v) is 7.84. The Labute approximate surface area is 216 Å². The van der Waals surface area contributed by atoms with Crippen LogP contribution in [-0.2, 0) is 11.3 Å². The summed E-state index contributed by atoms with van der Waals surface area (Å²) in [6.07, 6.45) is 6.11. The molecule has 9 heteroatoms. The lowest BCUT2D eigenvalue weighted by Gasteiger charge is -2.47. The predicted octanol–water partition coefficient (Wildman–Crippen LogP) is 5.88. The highest BCUT2D eigenvalue weighted by Crippen LogP contribution is 2.46. The molecule has 0 unspecified atom stereocenters. The van der Waals surface area contributed by atoms with E-state index in [2.05, 4.69) is 38.0 Å². The molecule has 0 radical (unpaired) electrons. The van der Waals surface area contributed by atoms with Crippen molar-refractivity contribution in [1.82, 2.24) is 14.5 Å². The number of carbonyl (C=O) groups excluding carboxylic acids is 1. The number of fused-ring (bicyclic) bond motifs is 3. The minimum absolute atomic E-state index is 0.112. The van der Waals surface area contributed by atoms with E-state index in [1.807, 2.05) is 6.07 Å². The summed E-state index contributed by atoms with van der Waals surface area (Å²) in [6, 6.07) is 5.36. The fourth-order valence-corrected chi connectivity index (χ4v) is 5.52. The number of nitrogens with one attached hydrogen (secondary N) is 1. The molecule has 1 aromatic carbocycles. The molecule has 0 aliphatic heterocycles. The quantitative estimate of drug-likeness (QED) is 0.301. The first kappa shape index (κ1) is 26.2. The Morgan fingerprint density at radius 3 is 2.61 bits per heavy atom. The summed E-state index contributed by atoms with van der Waals surface area (Å²) in [6.45, 7) is 9.64. The van der Waals surface area contributed by atoms with Gasteiger partial charge < -0.3 is 15.8 Å². The minimum Gasteiger partial charge on any atom is -0.443 e. The van der Waals surface area contributed by atoms with Gasteiger partial charge in [-0.2, -0.15) is 4.98 Å². The zero-order valence-corrected chi connectivity index (χ0v) is 22.3. The number of carbonyl (C=O) groups is 1. The largest absolute Gasteiger partial charge is 0.443 e. The molecule has 8 nitrogen and oxygen atoms in total. The van der Waals surface area contributed by atoms with E-state index in [-0.39, 0.29) is 16.9 Å². The standard InChI is InChI=1S/C27H36ClN5O3/c1-5-6-13-30-25-31-15-21-19-8-7-18(28)14-20(19)23(34)33(22(21)32-25)16-17-9-11-27(12-10-17,26(2,3)4)36-24(29)35/h7-8,14-15,17H,5-6,9-13,16H2,1-4H3,(H2,29,35)(H,30,31,32). The first-order valence-corrected chi connectivity index (χ1v) is 13.1. The number of benzene rings is 1. The summed E-state index contributed by atoms with van der Waals surface area (Å²) in [4.78, 5) is 34.7. The van der Waals surface area contributed by atoms with Crippen molar-refractivity contribution in [2.45, 2.75) is 78.4 Å². The van der Waals surface area contributed by atoms with Gasteiger partial charge in [0.2, 0.25) is 5.95 Å². The van der Waals surface area contributed by atoms with Crippen LogP contribution in [0.25, 0.3) is 21.8 Å². The fraction of sp³-hybridized carbons (Fsp3) is 0.556. The number of halogens is 1. The van der Waals surface area contributed by atoms with Crippen LogP contribution in [0.1, 0.15) is 66.2 Å². The number of aromatic nitrogens is 3. The van der Waals surface area contributed by atoms with Crippen LogP contribution in [0.4, 0.5) is 10.7 Å². The Balaban J connectivity index is 1.71. The van der Waals surface area contributed by atoms with Gasteiger partial charge in [0.05, 0.1) is 0 Å². The Morgan fingerprint density at radius 2 is 1.97 bits per heavy atom. The molecule has 36 heavy (non-hydrogen) atoms. The summed E-state index contributed by atoms with van der Waals surface area (Å²) < 4.78 is 7.46. The first-order chi connectivity index (χ1) is 17.0. The molecule has 2 heterocycles. The van der Waals surface area contributed by atoms with Gasteiger partial charge in [0.25, 0.3) is 5.56 Å². The number of rotatable bonds is 7. The van der Waals surface area contributed by atoms with Crippen molar-refractivity contribution >= 4 is 45.4 Å². The average molecular weight is 514 g/mol. The van der Waals surface area contributed by atoms with Gasteiger partial charge in [-0.1, -0.05) is 51.8 Å². The minimum atomic E-state index is -0.739. The van der Waals surface area contributed by atoms with Crippen LogP contribution in [0.5, 0.6) is 0 Å². The number of ether oxygens (including phenoxy) is 1. The van der Waals surface area contributed by atoms with Gasteiger partial charge >= 0.3 is 6.09 Å². The van der Waals surface area contributed by atoms with Gasteiger partial charge in [-0.3, -0.25) is 9.36 Å². The number of primary amides is 1. The maximum absolute atomic E-state index is 13.7. The monoisotopic (exact) mass is 513 g/mol. The Hall–Kier alpha value is -2.87. The molecule has 1 saturated carbocycles. The molecular weight excluding hydrogens is 478 g/mol. The smallest absolute Gasteiger partial charge is 0.405 e. The zero-order valence-electron chi connectivity index (χ0n) is 21.6. The number of hydrogen-bond acceptors (Lipinski definition) is 6. The van der Waals surface area contributed by atoms with Crippen LogP contribution in [0.2, 0.25) is 5.02 Å². The van der Waals surface area contributed by atoms with E-state index in [0.29, 0.717) is 41.4 Å². The van der Waals surface area contributed by atoms with E-state index in [9.17, 15) is 9.59 Å². The van der Waals surface area contributed by atoms with Crippen LogP contribution in [0.15, 0.2) is 29.2 Å². The predicted molar refractivity (Wildman–Crippen MR) is 145 cm³/mol. The lowest BCUT2D eigenvalue weighted by molar-refractivity contribution is -0.0976. The summed E-state index contributed by atoms with van der Waals surface area (Å²) >= 11 is 6.26. The highest BCUT2D eigenvalue weighted by atomic mass is 35.5. The molecule has 3 N–H and O–H groups in total. The highest BCUT2D eigenvalue weighted by molar-refractivity contribution is 6.31. The van der Waals surface area contributed by atoms with Crippen LogP contribution in [0.3, 0.4) is 0 Å². The molecule has 2 aromatic heterocycles. The third-order valence-electron chi connectivity index (χ3n) is 7.60. The number of hydrogen-bond donors (Lipinski definition) is 2. The van der Waals surface area contributed by atoms with E-state index in [0.717, 1.165) is 43.0 Å². The highest BCUT2D eigenvalue weighted by Gasteiger charge is 2.47. The number of unbranched alkanes of at least 4 members (excludes halogenated alkanes) is 1. The maximum Gasteiger partial charge on any atom is 0.405 e. The van der Waals surface area contributed by atoms with E-state index < -0.39 is 11.7 Å². The molecule has 1 aliphatic rings. The molecule has 4 rings (SSSR count). The Bertz CT molecular complexity index is 1320. The number of anilines is 1. The molecule has 0 atom stereocenters. The van der Waals surface area contributed by atoms with Crippen LogP contribution in [-0.4, -0.2) is 32.8 Å². The van der Waals surface area contributed by atoms with Crippen molar-refractivity contribution in [3.63, 3.8) is 0 Å². The van der Waals surface area contributed by atoms with E-state index in [1.165, 1.54) is 0 Å². The second kappa shape index (κ2) is 10.2. The molecule has 3 aromatic rings. The molecule has 1 aliphatic carbocycles. The van der Waals surface area contributed by atoms with Gasteiger partial charge in [-0.05, 0) is 55.5 Å². The normalized spacial score (nSPS) is 20.5. The summed E-state index contributed by atoms with van der Waals surface area (Å²) in [7, 11) is 0. The van der Waals surface area contributed by atoms with Crippen molar-refractivity contribution in [3.8, 4) is 0 Å².